The summed E-state index contributed by atoms with van der Waals surface area (Å²) in [7, 11) is 0. The van der Waals surface area contributed by atoms with Crippen molar-refractivity contribution in [1.82, 2.24) is 4.90 Å². The second-order valence-corrected chi connectivity index (χ2v) is 7.65. The zero-order valence-electron chi connectivity index (χ0n) is 14.5. The molecular weight excluding hydrogens is 328 g/mol. The van der Waals surface area contributed by atoms with Crippen LogP contribution in [0.1, 0.15) is 45.1 Å². The number of nitrogens with zero attached hydrogens (tertiary/aromatic N) is 1. The largest absolute Gasteiger partial charge is 0.481 e. The molecular formula is C19H23F2NO3. The number of hydrogen-bond donors (Lipinski definition) is 1. The average Bonchev–Trinajstić information content (AvgIpc) is 2.94. The number of benzene rings is 1. The van der Waals surface area contributed by atoms with Gasteiger partial charge < -0.3 is 10.0 Å². The second kappa shape index (κ2) is 6.07. The molecule has 1 saturated heterocycles. The van der Waals surface area contributed by atoms with Crippen LogP contribution in [0.3, 0.4) is 0 Å². The smallest absolute Gasteiger partial charge is 0.311 e. The van der Waals surface area contributed by atoms with Crippen molar-refractivity contribution in [3.63, 3.8) is 0 Å². The number of aliphatic carboxylic acids is 1. The third kappa shape index (κ3) is 2.62. The van der Waals surface area contributed by atoms with E-state index in [2.05, 4.69) is 0 Å². The third-order valence-electron chi connectivity index (χ3n) is 6.18. The van der Waals surface area contributed by atoms with Crippen LogP contribution in [-0.2, 0) is 15.0 Å². The first-order valence-corrected chi connectivity index (χ1v) is 8.71. The Morgan fingerprint density at radius 1 is 1.20 bits per heavy atom. The molecule has 1 N–H and O–H groups in total. The summed E-state index contributed by atoms with van der Waals surface area (Å²) < 4.78 is 27.6. The molecule has 3 rings (SSSR count). The third-order valence-corrected chi connectivity index (χ3v) is 6.18. The summed E-state index contributed by atoms with van der Waals surface area (Å²) in [5.74, 6) is -2.61. The van der Waals surface area contributed by atoms with Gasteiger partial charge in [0.05, 0.1) is 10.8 Å². The lowest BCUT2D eigenvalue weighted by atomic mass is 9.63. The van der Waals surface area contributed by atoms with Crippen LogP contribution in [0.15, 0.2) is 18.2 Å². The highest BCUT2D eigenvalue weighted by Crippen LogP contribution is 2.48. The zero-order valence-corrected chi connectivity index (χ0v) is 14.5. The normalized spacial score (nSPS) is 25.1. The van der Waals surface area contributed by atoms with Crippen molar-refractivity contribution in [3.05, 3.63) is 35.4 Å². The van der Waals surface area contributed by atoms with E-state index in [1.807, 2.05) is 13.8 Å². The number of rotatable bonds is 4. The predicted molar refractivity (Wildman–Crippen MR) is 88.0 cm³/mol. The number of carbonyl (C=O) groups excluding carboxylic acids is 1. The lowest BCUT2D eigenvalue weighted by molar-refractivity contribution is -0.152. The second-order valence-electron chi connectivity index (χ2n) is 7.65. The maximum absolute atomic E-state index is 14.3. The molecule has 136 valence electrons. The minimum absolute atomic E-state index is 0.109. The van der Waals surface area contributed by atoms with Gasteiger partial charge in [-0.25, -0.2) is 8.78 Å². The molecule has 0 aromatic heterocycles. The van der Waals surface area contributed by atoms with Crippen LogP contribution in [0.5, 0.6) is 0 Å². The highest BCUT2D eigenvalue weighted by Gasteiger charge is 2.54. The Bertz CT molecular complexity index is 715. The van der Waals surface area contributed by atoms with Gasteiger partial charge in [0.2, 0.25) is 5.91 Å². The first-order valence-electron chi connectivity index (χ1n) is 8.71. The molecule has 1 aliphatic heterocycles. The minimum Gasteiger partial charge on any atom is -0.481 e. The van der Waals surface area contributed by atoms with Crippen molar-refractivity contribution in [1.29, 1.82) is 0 Å². The monoisotopic (exact) mass is 351 g/mol. The fourth-order valence-corrected chi connectivity index (χ4v) is 4.21. The first-order chi connectivity index (χ1) is 11.7. The Hall–Kier alpha value is -1.98. The molecule has 2 aliphatic rings. The highest BCUT2D eigenvalue weighted by molar-refractivity contribution is 5.90. The molecule has 6 heteroatoms. The molecule has 1 aliphatic carbocycles. The van der Waals surface area contributed by atoms with Gasteiger partial charge in [0.25, 0.3) is 0 Å². The van der Waals surface area contributed by atoms with Crippen LogP contribution in [-0.4, -0.2) is 35.0 Å². The number of amides is 1. The SMILES string of the molecule is CC(C)C1(C(=O)O)CCN(C(=O)C2(c3ccc(F)cc3F)CCC2)C1. The zero-order chi connectivity index (χ0) is 18.4. The van der Waals surface area contributed by atoms with E-state index in [0.29, 0.717) is 25.8 Å². The van der Waals surface area contributed by atoms with Crippen LogP contribution >= 0.6 is 0 Å². The number of likely N-dealkylation sites (tertiary alicyclic amines) is 1. The van der Waals surface area contributed by atoms with Crippen molar-refractivity contribution < 1.29 is 23.5 Å². The van der Waals surface area contributed by atoms with E-state index in [-0.39, 0.29) is 23.9 Å². The van der Waals surface area contributed by atoms with Gasteiger partial charge in [-0.3, -0.25) is 9.59 Å². The molecule has 0 bridgehead atoms. The minimum atomic E-state index is -0.983. The van der Waals surface area contributed by atoms with Gasteiger partial charge in [0.1, 0.15) is 11.6 Å². The molecule has 0 spiro atoms. The van der Waals surface area contributed by atoms with Crippen LogP contribution in [0, 0.1) is 23.0 Å². The summed E-state index contributed by atoms with van der Waals surface area (Å²) in [6, 6.07) is 3.33. The molecule has 1 unspecified atom stereocenters. The summed E-state index contributed by atoms with van der Waals surface area (Å²) in [6.45, 7) is 4.19. The molecule has 0 radical (unpaired) electrons. The molecule has 1 heterocycles. The van der Waals surface area contributed by atoms with Crippen molar-refractivity contribution in [3.8, 4) is 0 Å². The van der Waals surface area contributed by atoms with E-state index in [0.717, 1.165) is 12.5 Å². The Balaban J connectivity index is 1.90. The van der Waals surface area contributed by atoms with Crippen molar-refractivity contribution in [2.24, 2.45) is 11.3 Å². The van der Waals surface area contributed by atoms with Gasteiger partial charge in [0, 0.05) is 24.7 Å². The summed E-state index contributed by atoms with van der Waals surface area (Å²) >= 11 is 0. The topological polar surface area (TPSA) is 57.6 Å². The van der Waals surface area contributed by atoms with E-state index in [1.165, 1.54) is 12.1 Å². The molecule has 1 atom stereocenters. The lowest BCUT2D eigenvalue weighted by Crippen LogP contribution is -2.52. The van der Waals surface area contributed by atoms with Crippen molar-refractivity contribution >= 4 is 11.9 Å². The Kier molecular flexibility index (Phi) is 4.33. The fourth-order valence-electron chi connectivity index (χ4n) is 4.21. The van der Waals surface area contributed by atoms with Gasteiger partial charge in [-0.05, 0) is 31.2 Å². The first kappa shape index (κ1) is 17.8. The van der Waals surface area contributed by atoms with Crippen molar-refractivity contribution in [2.45, 2.75) is 44.9 Å². The van der Waals surface area contributed by atoms with E-state index >= 15 is 0 Å². The molecule has 1 saturated carbocycles. The van der Waals surface area contributed by atoms with Crippen LogP contribution in [0.4, 0.5) is 8.78 Å². The van der Waals surface area contributed by atoms with Crippen LogP contribution in [0.25, 0.3) is 0 Å². The van der Waals surface area contributed by atoms with E-state index < -0.39 is 28.4 Å². The molecule has 25 heavy (non-hydrogen) atoms. The number of carboxylic acid groups (broad SMARTS) is 1. The predicted octanol–water partition coefficient (Wildman–Crippen LogP) is 3.35. The Labute approximate surface area is 145 Å². The molecule has 4 nitrogen and oxygen atoms in total. The average molecular weight is 351 g/mol. The summed E-state index contributed by atoms with van der Waals surface area (Å²) in [6.07, 6.45) is 2.21. The van der Waals surface area contributed by atoms with E-state index in [4.69, 9.17) is 0 Å². The summed E-state index contributed by atoms with van der Waals surface area (Å²) in [5, 5.41) is 9.66. The maximum Gasteiger partial charge on any atom is 0.311 e. The molecule has 1 aromatic rings. The van der Waals surface area contributed by atoms with Crippen LogP contribution in [0.2, 0.25) is 0 Å². The molecule has 2 fully saturated rings. The number of hydrogen-bond acceptors (Lipinski definition) is 2. The Morgan fingerprint density at radius 2 is 1.88 bits per heavy atom. The van der Waals surface area contributed by atoms with Gasteiger partial charge in [-0.2, -0.15) is 0 Å². The maximum atomic E-state index is 14.3. The standard InChI is InChI=1S/C19H23F2NO3/c1-12(2)19(17(24)25)8-9-22(11-19)16(23)18(6-3-7-18)14-5-4-13(20)10-15(14)21/h4-5,10,12H,3,6-9,11H2,1-2H3,(H,24,25). The van der Waals surface area contributed by atoms with E-state index in [1.54, 1.807) is 4.90 Å². The lowest BCUT2D eigenvalue weighted by Gasteiger charge is -2.43. The molecule has 1 amide bonds. The van der Waals surface area contributed by atoms with Gasteiger partial charge in [-0.15, -0.1) is 0 Å². The van der Waals surface area contributed by atoms with Gasteiger partial charge in [0.15, 0.2) is 0 Å². The Morgan fingerprint density at radius 3 is 2.32 bits per heavy atom. The van der Waals surface area contributed by atoms with Gasteiger partial charge >= 0.3 is 5.97 Å². The fraction of sp³-hybridized carbons (Fsp3) is 0.579. The number of carbonyl (C=O) groups is 2. The number of halogens is 2. The van der Waals surface area contributed by atoms with Crippen molar-refractivity contribution in [2.75, 3.05) is 13.1 Å². The molecule has 1 aromatic carbocycles. The van der Waals surface area contributed by atoms with E-state index in [9.17, 15) is 23.5 Å². The van der Waals surface area contributed by atoms with Crippen LogP contribution < -0.4 is 0 Å². The number of carboxylic acids is 1. The quantitative estimate of drug-likeness (QED) is 0.905. The van der Waals surface area contributed by atoms with Gasteiger partial charge in [-0.1, -0.05) is 26.3 Å². The highest BCUT2D eigenvalue weighted by atomic mass is 19.1. The summed E-state index contributed by atoms with van der Waals surface area (Å²) in [5.41, 5.74) is -1.71. The summed E-state index contributed by atoms with van der Waals surface area (Å²) in [4.78, 5) is 26.5.